The first kappa shape index (κ1) is 7.84. The van der Waals surface area contributed by atoms with E-state index in [9.17, 15) is 0 Å². The molecule has 0 fully saturated rings. The Hall–Kier alpha value is -0.260. The van der Waals surface area contributed by atoms with Crippen molar-refractivity contribution in [2.45, 2.75) is 45.4 Å². The van der Waals surface area contributed by atoms with Gasteiger partial charge in [0, 0.05) is 0 Å². The van der Waals surface area contributed by atoms with E-state index in [0.29, 0.717) is 0 Å². The lowest BCUT2D eigenvalue weighted by atomic mass is 10.1. The predicted molar refractivity (Wildman–Crippen MR) is 45.8 cm³/mol. The molecule has 0 bridgehead atoms. The molecule has 10 heavy (non-hydrogen) atoms. The fourth-order valence-corrected chi connectivity index (χ4v) is 1.08. The maximum absolute atomic E-state index is 2.38. The van der Waals surface area contributed by atoms with E-state index in [1.807, 2.05) is 0 Å². The number of allylic oxidation sites excluding steroid dienone is 2. The maximum atomic E-state index is 2.38. The zero-order valence-corrected chi connectivity index (χ0v) is 6.90. The van der Waals surface area contributed by atoms with Crippen molar-refractivity contribution in [1.29, 1.82) is 0 Å². The fourth-order valence-electron chi connectivity index (χ4n) is 1.08. The van der Waals surface area contributed by atoms with E-state index in [4.69, 9.17) is 0 Å². The zero-order valence-electron chi connectivity index (χ0n) is 6.90. The Morgan fingerprint density at radius 2 is 2.20 bits per heavy atom. The molecular formula is C10H17. The molecule has 0 aliphatic heterocycles. The lowest BCUT2D eigenvalue weighted by Gasteiger charge is -1.95. The van der Waals surface area contributed by atoms with Gasteiger partial charge in [0.15, 0.2) is 0 Å². The third-order valence-electron chi connectivity index (χ3n) is 1.90. The highest BCUT2D eigenvalue weighted by molar-refractivity contribution is 5.29. The van der Waals surface area contributed by atoms with E-state index in [-0.39, 0.29) is 0 Å². The van der Waals surface area contributed by atoms with Crippen molar-refractivity contribution in [2.24, 2.45) is 0 Å². The molecule has 0 amide bonds. The van der Waals surface area contributed by atoms with Crippen molar-refractivity contribution in [3.63, 3.8) is 0 Å². The van der Waals surface area contributed by atoms with Gasteiger partial charge < -0.3 is 0 Å². The summed E-state index contributed by atoms with van der Waals surface area (Å²) in [7, 11) is 0. The van der Waals surface area contributed by atoms with E-state index in [0.717, 1.165) is 0 Å². The van der Waals surface area contributed by atoms with Crippen LogP contribution in [0.5, 0.6) is 0 Å². The van der Waals surface area contributed by atoms with Crippen LogP contribution in [0, 0.1) is 6.42 Å². The molecule has 0 spiro atoms. The molecule has 0 saturated carbocycles. The summed E-state index contributed by atoms with van der Waals surface area (Å²) in [6.07, 6.45) is 12.8. The number of unbranched alkanes of at least 4 members (excludes halogenated alkanes) is 4. The molecule has 0 saturated heterocycles. The van der Waals surface area contributed by atoms with Gasteiger partial charge in [0.2, 0.25) is 0 Å². The first-order valence-electron chi connectivity index (χ1n) is 4.45. The Labute approximate surface area is 64.3 Å². The third kappa shape index (κ3) is 3.71. The Morgan fingerprint density at radius 3 is 2.80 bits per heavy atom. The van der Waals surface area contributed by atoms with Crippen molar-refractivity contribution < 1.29 is 0 Å². The van der Waals surface area contributed by atoms with Crippen LogP contribution < -0.4 is 0 Å². The second-order valence-electron chi connectivity index (χ2n) is 3.04. The second kappa shape index (κ2) is 4.54. The van der Waals surface area contributed by atoms with Gasteiger partial charge in [-0.05, 0) is 19.3 Å². The fraction of sp³-hybridized carbons (Fsp3) is 0.700. The van der Waals surface area contributed by atoms with Crippen LogP contribution in [-0.2, 0) is 0 Å². The zero-order chi connectivity index (χ0) is 7.23. The minimum atomic E-state index is 1.27. The van der Waals surface area contributed by atoms with Crippen LogP contribution in [0.2, 0.25) is 0 Å². The second-order valence-corrected chi connectivity index (χ2v) is 3.04. The molecule has 0 nitrogen and oxygen atoms in total. The Morgan fingerprint density at radius 1 is 1.40 bits per heavy atom. The van der Waals surface area contributed by atoms with Gasteiger partial charge in [0.25, 0.3) is 0 Å². The predicted octanol–water partition coefficient (Wildman–Crippen LogP) is 3.49. The van der Waals surface area contributed by atoms with Gasteiger partial charge in [-0.25, -0.2) is 0 Å². The van der Waals surface area contributed by atoms with Crippen LogP contribution in [0.25, 0.3) is 0 Å². The lowest BCUT2D eigenvalue weighted by molar-refractivity contribution is 0.665. The third-order valence-corrected chi connectivity index (χ3v) is 1.90. The molecule has 0 heterocycles. The quantitative estimate of drug-likeness (QED) is 0.491. The molecule has 57 valence electrons. The molecule has 1 rings (SSSR count). The minimum absolute atomic E-state index is 1.27. The molecule has 1 aliphatic carbocycles. The van der Waals surface area contributed by atoms with Gasteiger partial charge in [-0.15, -0.1) is 0 Å². The van der Waals surface area contributed by atoms with Crippen molar-refractivity contribution >= 4 is 0 Å². The summed E-state index contributed by atoms with van der Waals surface area (Å²) in [6.45, 7) is 2.26. The molecule has 0 N–H and O–H groups in total. The Bertz CT molecular complexity index is 111. The minimum Gasteiger partial charge on any atom is -0.0806 e. The van der Waals surface area contributed by atoms with Gasteiger partial charge in [-0.1, -0.05) is 44.3 Å². The topological polar surface area (TPSA) is 0 Å². The van der Waals surface area contributed by atoms with Crippen molar-refractivity contribution in [3.8, 4) is 0 Å². The van der Waals surface area contributed by atoms with Crippen LogP contribution in [0.15, 0.2) is 11.6 Å². The average molecular weight is 137 g/mol. The van der Waals surface area contributed by atoms with E-state index < -0.39 is 0 Å². The average Bonchev–Trinajstić information content (AvgIpc) is 2.71. The summed E-state index contributed by atoms with van der Waals surface area (Å²) in [5.74, 6) is 0. The van der Waals surface area contributed by atoms with Crippen LogP contribution in [-0.4, -0.2) is 0 Å². The highest BCUT2D eigenvalue weighted by Gasteiger charge is 2.05. The van der Waals surface area contributed by atoms with Crippen LogP contribution >= 0.6 is 0 Å². The highest BCUT2D eigenvalue weighted by atomic mass is 14.1. The van der Waals surface area contributed by atoms with E-state index >= 15 is 0 Å². The van der Waals surface area contributed by atoms with E-state index in [1.54, 1.807) is 5.57 Å². The van der Waals surface area contributed by atoms with Gasteiger partial charge in [0.1, 0.15) is 0 Å². The van der Waals surface area contributed by atoms with Crippen molar-refractivity contribution in [3.05, 3.63) is 18.1 Å². The molecule has 1 radical (unpaired) electrons. The Balaban J connectivity index is 1.72. The van der Waals surface area contributed by atoms with E-state index in [1.165, 1.54) is 38.5 Å². The van der Waals surface area contributed by atoms with Crippen molar-refractivity contribution in [1.82, 2.24) is 0 Å². The SMILES string of the molecule is CCCCCC[CH]C1=CC1. The lowest BCUT2D eigenvalue weighted by Crippen LogP contribution is -1.77. The summed E-state index contributed by atoms with van der Waals surface area (Å²) in [4.78, 5) is 0. The van der Waals surface area contributed by atoms with Gasteiger partial charge in [-0.2, -0.15) is 0 Å². The van der Waals surface area contributed by atoms with Gasteiger partial charge >= 0.3 is 0 Å². The number of hydrogen-bond donors (Lipinski definition) is 0. The number of rotatable bonds is 6. The summed E-state index contributed by atoms with van der Waals surface area (Å²) >= 11 is 0. The maximum Gasteiger partial charge on any atom is -0.0133 e. The molecular weight excluding hydrogens is 120 g/mol. The summed E-state index contributed by atoms with van der Waals surface area (Å²) in [5.41, 5.74) is 1.58. The normalized spacial score (nSPS) is 15.1. The standard InChI is InChI=1S/C10H17/c1-2-3-4-5-6-7-10-8-9-10/h7-8H,2-6,9H2,1H3. The van der Waals surface area contributed by atoms with Gasteiger partial charge in [0.05, 0.1) is 0 Å². The largest absolute Gasteiger partial charge is 0.0806 e. The molecule has 0 heteroatoms. The molecule has 1 aliphatic rings. The first-order chi connectivity index (χ1) is 4.93. The van der Waals surface area contributed by atoms with Crippen LogP contribution in [0.1, 0.15) is 45.4 Å². The summed E-state index contributed by atoms with van der Waals surface area (Å²) < 4.78 is 0. The van der Waals surface area contributed by atoms with Crippen molar-refractivity contribution in [2.75, 3.05) is 0 Å². The molecule has 0 aromatic carbocycles. The molecule has 0 unspecified atom stereocenters. The van der Waals surface area contributed by atoms with E-state index in [2.05, 4.69) is 19.4 Å². The monoisotopic (exact) mass is 137 g/mol. The Kier molecular flexibility index (Phi) is 3.56. The first-order valence-corrected chi connectivity index (χ1v) is 4.45. The summed E-state index contributed by atoms with van der Waals surface area (Å²) in [5, 5.41) is 0. The molecule has 0 atom stereocenters. The molecule has 0 aromatic heterocycles. The van der Waals surface area contributed by atoms with Crippen LogP contribution in [0.3, 0.4) is 0 Å². The van der Waals surface area contributed by atoms with Gasteiger partial charge in [-0.3, -0.25) is 0 Å². The number of hydrogen-bond acceptors (Lipinski definition) is 0. The smallest absolute Gasteiger partial charge is 0.0133 e. The molecule has 0 aromatic rings. The highest BCUT2D eigenvalue weighted by Crippen LogP contribution is 2.23. The van der Waals surface area contributed by atoms with Crippen LogP contribution in [0.4, 0.5) is 0 Å². The summed E-state index contributed by atoms with van der Waals surface area (Å²) in [6, 6.07) is 0.